The predicted molar refractivity (Wildman–Crippen MR) is 113 cm³/mol. The number of anilines is 2. The van der Waals surface area contributed by atoms with Gasteiger partial charge in [0.1, 0.15) is 6.04 Å². The van der Waals surface area contributed by atoms with Crippen LogP contribution < -0.4 is 10.6 Å². The Balaban J connectivity index is 1.80. The normalized spacial score (nSPS) is 13.8. The molecule has 1 aliphatic heterocycles. The summed E-state index contributed by atoms with van der Waals surface area (Å²) < 4.78 is 0. The van der Waals surface area contributed by atoms with Gasteiger partial charge in [-0.2, -0.15) is 11.8 Å². The van der Waals surface area contributed by atoms with Gasteiger partial charge in [0.2, 0.25) is 11.8 Å². The number of nitrogens with one attached hydrogen (secondary N) is 2. The molecule has 8 heteroatoms. The molecule has 0 spiro atoms. The van der Waals surface area contributed by atoms with E-state index in [1.54, 1.807) is 48.5 Å². The van der Waals surface area contributed by atoms with Crippen molar-refractivity contribution in [2.75, 3.05) is 22.6 Å². The van der Waals surface area contributed by atoms with E-state index in [1.807, 2.05) is 6.26 Å². The Morgan fingerprint density at radius 3 is 1.93 bits per heavy atom. The molecule has 2 aromatic carbocycles. The van der Waals surface area contributed by atoms with Crippen molar-refractivity contribution in [2.24, 2.45) is 0 Å². The molecule has 0 unspecified atom stereocenters. The first-order valence-electron chi connectivity index (χ1n) is 9.06. The van der Waals surface area contributed by atoms with Crippen molar-refractivity contribution in [3.05, 3.63) is 59.7 Å². The van der Waals surface area contributed by atoms with Crippen molar-refractivity contribution in [1.82, 2.24) is 4.90 Å². The van der Waals surface area contributed by atoms with Crippen molar-refractivity contribution in [1.29, 1.82) is 0 Å². The lowest BCUT2D eigenvalue weighted by Gasteiger charge is -2.25. The van der Waals surface area contributed by atoms with Crippen LogP contribution in [0.4, 0.5) is 11.4 Å². The number of nitrogens with zero attached hydrogens (tertiary/aromatic N) is 1. The van der Waals surface area contributed by atoms with Crippen LogP contribution in [0.1, 0.15) is 34.1 Å². The third kappa shape index (κ3) is 4.48. The number of amides is 4. The number of rotatable bonds is 7. The molecular formula is C21H21N3O4S. The SMILES string of the molecule is CSCC[C@H](C(=O)Nc1ccc(NC(C)=O)cc1)N1C(=O)c2ccccc2C1=O. The number of carbonyl (C=O) groups is 4. The summed E-state index contributed by atoms with van der Waals surface area (Å²) in [5, 5.41) is 5.42. The molecular weight excluding hydrogens is 390 g/mol. The van der Waals surface area contributed by atoms with Gasteiger partial charge in [-0.3, -0.25) is 24.1 Å². The monoisotopic (exact) mass is 411 g/mol. The molecule has 3 rings (SSSR count). The van der Waals surface area contributed by atoms with Gasteiger partial charge in [0, 0.05) is 18.3 Å². The molecule has 0 radical (unpaired) electrons. The standard InChI is InChI=1S/C21H21N3O4S/c1-13(25)22-14-7-9-15(10-8-14)23-19(26)18(11-12-29-2)24-20(27)16-5-3-4-6-17(16)21(24)28/h3-10,18H,11-12H2,1-2H3,(H,22,25)(H,23,26)/t18-/m1/s1. The Morgan fingerprint density at radius 1 is 0.931 bits per heavy atom. The fourth-order valence-electron chi connectivity index (χ4n) is 3.16. The Kier molecular flexibility index (Phi) is 6.33. The fraction of sp³-hybridized carbons (Fsp3) is 0.238. The Morgan fingerprint density at radius 2 is 1.45 bits per heavy atom. The Labute approximate surface area is 172 Å². The molecule has 0 saturated carbocycles. The summed E-state index contributed by atoms with van der Waals surface area (Å²) in [5.74, 6) is -0.904. The van der Waals surface area contributed by atoms with Crippen LogP contribution in [0.2, 0.25) is 0 Å². The number of imide groups is 1. The van der Waals surface area contributed by atoms with E-state index in [0.717, 1.165) is 4.90 Å². The van der Waals surface area contributed by atoms with Crippen molar-refractivity contribution in [3.8, 4) is 0 Å². The number of hydrogen-bond donors (Lipinski definition) is 2. The molecule has 2 aromatic rings. The van der Waals surface area contributed by atoms with Crippen LogP contribution >= 0.6 is 11.8 Å². The highest BCUT2D eigenvalue weighted by molar-refractivity contribution is 7.98. The summed E-state index contributed by atoms with van der Waals surface area (Å²) in [6, 6.07) is 12.3. The lowest BCUT2D eigenvalue weighted by atomic mass is 10.1. The maximum atomic E-state index is 13.0. The minimum atomic E-state index is -0.912. The molecule has 0 aromatic heterocycles. The van der Waals surface area contributed by atoms with E-state index in [2.05, 4.69) is 10.6 Å². The van der Waals surface area contributed by atoms with Crippen molar-refractivity contribution in [3.63, 3.8) is 0 Å². The van der Waals surface area contributed by atoms with Gasteiger partial charge in [0.05, 0.1) is 11.1 Å². The van der Waals surface area contributed by atoms with Crippen LogP contribution in [0.25, 0.3) is 0 Å². The number of fused-ring (bicyclic) bond motifs is 1. The zero-order valence-corrected chi connectivity index (χ0v) is 16.9. The van der Waals surface area contributed by atoms with E-state index >= 15 is 0 Å². The molecule has 1 aliphatic rings. The maximum Gasteiger partial charge on any atom is 0.262 e. The molecule has 0 saturated heterocycles. The quantitative estimate of drug-likeness (QED) is 0.683. The van der Waals surface area contributed by atoms with E-state index in [9.17, 15) is 19.2 Å². The van der Waals surface area contributed by atoms with Gasteiger partial charge >= 0.3 is 0 Å². The molecule has 2 N–H and O–H groups in total. The second kappa shape index (κ2) is 8.91. The Hall–Kier alpha value is -3.13. The minimum absolute atomic E-state index is 0.190. The van der Waals surface area contributed by atoms with Crippen LogP contribution in [-0.4, -0.2) is 46.6 Å². The second-order valence-electron chi connectivity index (χ2n) is 6.57. The zero-order chi connectivity index (χ0) is 21.0. The summed E-state index contributed by atoms with van der Waals surface area (Å²) in [6.45, 7) is 1.41. The highest BCUT2D eigenvalue weighted by Crippen LogP contribution is 2.27. The van der Waals surface area contributed by atoms with Crippen LogP contribution in [0.15, 0.2) is 48.5 Å². The van der Waals surface area contributed by atoms with E-state index in [-0.39, 0.29) is 5.91 Å². The topological polar surface area (TPSA) is 95.6 Å². The highest BCUT2D eigenvalue weighted by atomic mass is 32.2. The average Bonchev–Trinajstić information content (AvgIpc) is 2.95. The highest BCUT2D eigenvalue weighted by Gasteiger charge is 2.42. The van der Waals surface area contributed by atoms with E-state index in [0.29, 0.717) is 34.7 Å². The van der Waals surface area contributed by atoms with Crippen molar-refractivity contribution >= 4 is 46.8 Å². The second-order valence-corrected chi connectivity index (χ2v) is 7.56. The molecule has 150 valence electrons. The molecule has 29 heavy (non-hydrogen) atoms. The molecule has 0 bridgehead atoms. The first-order valence-corrected chi connectivity index (χ1v) is 10.5. The minimum Gasteiger partial charge on any atom is -0.326 e. The summed E-state index contributed by atoms with van der Waals surface area (Å²) in [6.07, 6.45) is 2.25. The third-order valence-corrected chi connectivity index (χ3v) is 5.15. The molecule has 0 aliphatic carbocycles. The van der Waals surface area contributed by atoms with Gasteiger partial charge in [-0.1, -0.05) is 12.1 Å². The number of carbonyl (C=O) groups excluding carboxylic acids is 4. The predicted octanol–water partition coefficient (Wildman–Crippen LogP) is 3.00. The van der Waals surface area contributed by atoms with Gasteiger partial charge in [-0.05, 0) is 54.8 Å². The average molecular weight is 411 g/mol. The molecule has 7 nitrogen and oxygen atoms in total. The lowest BCUT2D eigenvalue weighted by Crippen LogP contribution is -2.47. The maximum absolute atomic E-state index is 13.0. The van der Waals surface area contributed by atoms with Crippen molar-refractivity contribution < 1.29 is 19.2 Å². The summed E-state index contributed by atoms with van der Waals surface area (Å²) in [5.41, 5.74) is 1.75. The zero-order valence-electron chi connectivity index (χ0n) is 16.1. The fourth-order valence-corrected chi connectivity index (χ4v) is 3.62. The van der Waals surface area contributed by atoms with Gasteiger partial charge in [-0.25, -0.2) is 0 Å². The van der Waals surface area contributed by atoms with E-state index < -0.39 is 23.8 Å². The van der Waals surface area contributed by atoms with Gasteiger partial charge < -0.3 is 10.6 Å². The third-order valence-electron chi connectivity index (χ3n) is 4.51. The van der Waals surface area contributed by atoms with Crippen molar-refractivity contribution in [2.45, 2.75) is 19.4 Å². The van der Waals surface area contributed by atoms with Gasteiger partial charge in [0.25, 0.3) is 11.8 Å². The van der Waals surface area contributed by atoms with Crippen LogP contribution in [0.5, 0.6) is 0 Å². The van der Waals surface area contributed by atoms with E-state index in [4.69, 9.17) is 0 Å². The van der Waals surface area contributed by atoms with Gasteiger partial charge in [0.15, 0.2) is 0 Å². The molecule has 4 amide bonds. The molecule has 1 heterocycles. The van der Waals surface area contributed by atoms with Crippen LogP contribution in [0, 0.1) is 0 Å². The first kappa shape index (κ1) is 20.6. The van der Waals surface area contributed by atoms with Crippen LogP contribution in [0.3, 0.4) is 0 Å². The number of hydrogen-bond acceptors (Lipinski definition) is 5. The van der Waals surface area contributed by atoms with E-state index in [1.165, 1.54) is 18.7 Å². The van der Waals surface area contributed by atoms with Crippen LogP contribution in [-0.2, 0) is 9.59 Å². The number of thioether (sulfide) groups is 1. The molecule has 1 atom stereocenters. The largest absolute Gasteiger partial charge is 0.326 e. The summed E-state index contributed by atoms with van der Waals surface area (Å²) in [7, 11) is 0. The number of benzene rings is 2. The van der Waals surface area contributed by atoms with Gasteiger partial charge in [-0.15, -0.1) is 0 Å². The molecule has 0 fully saturated rings. The Bertz CT molecular complexity index is 924. The first-order chi connectivity index (χ1) is 13.9. The summed E-state index contributed by atoms with van der Waals surface area (Å²) in [4.78, 5) is 50.7. The lowest BCUT2D eigenvalue weighted by molar-refractivity contribution is -0.120. The smallest absolute Gasteiger partial charge is 0.262 e. The summed E-state index contributed by atoms with van der Waals surface area (Å²) >= 11 is 1.54.